The zero-order valence-electron chi connectivity index (χ0n) is 10.7. The van der Waals surface area contributed by atoms with Gasteiger partial charge in [0.05, 0.1) is 0 Å². The van der Waals surface area contributed by atoms with Crippen molar-refractivity contribution < 1.29 is 0 Å². The van der Waals surface area contributed by atoms with E-state index < -0.39 is 0 Å². The van der Waals surface area contributed by atoms with Crippen LogP contribution in [0.2, 0.25) is 0 Å². The van der Waals surface area contributed by atoms with E-state index in [4.69, 9.17) is 0 Å². The summed E-state index contributed by atoms with van der Waals surface area (Å²) in [5.41, 5.74) is 1.37. The molecule has 0 aromatic heterocycles. The van der Waals surface area contributed by atoms with Crippen LogP contribution in [0, 0.1) is 0 Å². The lowest BCUT2D eigenvalue weighted by Gasteiger charge is -2.14. The first-order chi connectivity index (χ1) is 8.31. The van der Waals surface area contributed by atoms with Crippen LogP contribution in [0.25, 0.3) is 10.8 Å². The molecule has 0 radical (unpaired) electrons. The molecule has 0 saturated carbocycles. The molecular formula is C16H21N. The average molecular weight is 227 g/mol. The fourth-order valence-electron chi connectivity index (χ4n) is 2.09. The highest BCUT2D eigenvalue weighted by atomic mass is 14.9. The Morgan fingerprint density at radius 1 is 1.06 bits per heavy atom. The zero-order chi connectivity index (χ0) is 12.1. The molecule has 17 heavy (non-hydrogen) atoms. The lowest BCUT2D eigenvalue weighted by molar-refractivity contribution is 0.555. The van der Waals surface area contributed by atoms with Gasteiger partial charge in [-0.05, 0) is 42.3 Å². The van der Waals surface area contributed by atoms with Gasteiger partial charge in [0.25, 0.3) is 0 Å². The van der Waals surface area contributed by atoms with Crippen molar-refractivity contribution in [1.29, 1.82) is 0 Å². The van der Waals surface area contributed by atoms with Gasteiger partial charge >= 0.3 is 0 Å². The molecule has 2 aromatic rings. The Bertz CT molecular complexity index is 476. The van der Waals surface area contributed by atoms with Gasteiger partial charge in [-0.15, -0.1) is 0 Å². The Hall–Kier alpha value is -1.34. The highest BCUT2D eigenvalue weighted by molar-refractivity contribution is 5.83. The third-order valence-electron chi connectivity index (χ3n) is 3.25. The lowest BCUT2D eigenvalue weighted by Crippen LogP contribution is -2.19. The highest BCUT2D eigenvalue weighted by Gasteiger charge is 2.04. The van der Waals surface area contributed by atoms with Gasteiger partial charge in [-0.1, -0.05) is 49.7 Å². The Labute approximate surface area is 104 Å². The molecule has 0 aliphatic heterocycles. The van der Waals surface area contributed by atoms with E-state index in [1.807, 2.05) is 0 Å². The van der Waals surface area contributed by atoms with Gasteiger partial charge < -0.3 is 5.32 Å². The fraction of sp³-hybridized carbons (Fsp3) is 0.375. The first-order valence-electron chi connectivity index (χ1n) is 6.53. The van der Waals surface area contributed by atoms with Crippen LogP contribution in [0.4, 0.5) is 0 Å². The second kappa shape index (κ2) is 5.83. The molecule has 1 unspecified atom stereocenters. The molecule has 1 N–H and O–H groups in total. The van der Waals surface area contributed by atoms with Gasteiger partial charge in [0, 0.05) is 6.04 Å². The van der Waals surface area contributed by atoms with Gasteiger partial charge in [0.15, 0.2) is 0 Å². The summed E-state index contributed by atoms with van der Waals surface area (Å²) in [5, 5.41) is 6.21. The van der Waals surface area contributed by atoms with Crippen molar-refractivity contribution in [2.45, 2.75) is 32.7 Å². The molecule has 0 fully saturated rings. The SMILES string of the molecule is CCCCNC(C)c1ccc2ccccc2c1. The predicted octanol–water partition coefficient (Wildman–Crippen LogP) is 4.29. The second-order valence-corrected chi connectivity index (χ2v) is 4.64. The van der Waals surface area contributed by atoms with Crippen molar-refractivity contribution in [2.24, 2.45) is 0 Å². The quantitative estimate of drug-likeness (QED) is 0.751. The summed E-state index contributed by atoms with van der Waals surface area (Å²) in [5.74, 6) is 0. The molecule has 0 spiro atoms. The van der Waals surface area contributed by atoms with Crippen molar-refractivity contribution in [3.8, 4) is 0 Å². The van der Waals surface area contributed by atoms with E-state index in [-0.39, 0.29) is 0 Å². The summed E-state index contributed by atoms with van der Waals surface area (Å²) >= 11 is 0. The van der Waals surface area contributed by atoms with E-state index in [0.717, 1.165) is 6.54 Å². The molecular weight excluding hydrogens is 206 g/mol. The number of unbranched alkanes of at least 4 members (excludes halogenated alkanes) is 1. The largest absolute Gasteiger partial charge is 0.310 e. The maximum absolute atomic E-state index is 3.56. The lowest BCUT2D eigenvalue weighted by atomic mass is 10.0. The Kier molecular flexibility index (Phi) is 4.16. The standard InChI is InChI=1S/C16H21N/c1-3-4-11-17-13(2)15-10-9-14-7-5-6-8-16(14)12-15/h5-10,12-13,17H,3-4,11H2,1-2H3. The zero-order valence-corrected chi connectivity index (χ0v) is 10.7. The molecule has 2 aromatic carbocycles. The third kappa shape index (κ3) is 3.07. The smallest absolute Gasteiger partial charge is 0.0292 e. The van der Waals surface area contributed by atoms with Crippen LogP contribution in [0.3, 0.4) is 0 Å². The van der Waals surface area contributed by atoms with E-state index >= 15 is 0 Å². The molecule has 90 valence electrons. The van der Waals surface area contributed by atoms with Gasteiger partial charge in [0.2, 0.25) is 0 Å². The molecule has 0 aliphatic carbocycles. The third-order valence-corrected chi connectivity index (χ3v) is 3.25. The Balaban J connectivity index is 2.12. The number of nitrogens with one attached hydrogen (secondary N) is 1. The maximum Gasteiger partial charge on any atom is 0.0292 e. The van der Waals surface area contributed by atoms with Crippen LogP contribution in [-0.2, 0) is 0 Å². The first-order valence-corrected chi connectivity index (χ1v) is 6.53. The van der Waals surface area contributed by atoms with Gasteiger partial charge in [-0.25, -0.2) is 0 Å². The summed E-state index contributed by atoms with van der Waals surface area (Å²) in [6, 6.07) is 15.7. The van der Waals surface area contributed by atoms with E-state index in [9.17, 15) is 0 Å². The van der Waals surface area contributed by atoms with Crippen molar-refractivity contribution >= 4 is 10.8 Å². The molecule has 0 amide bonds. The Morgan fingerprint density at radius 2 is 1.82 bits per heavy atom. The predicted molar refractivity (Wildman–Crippen MR) is 75.3 cm³/mol. The minimum Gasteiger partial charge on any atom is -0.310 e. The van der Waals surface area contributed by atoms with Crippen LogP contribution in [-0.4, -0.2) is 6.54 Å². The number of hydrogen-bond donors (Lipinski definition) is 1. The Morgan fingerprint density at radius 3 is 2.59 bits per heavy atom. The van der Waals surface area contributed by atoms with E-state index in [1.165, 1.54) is 29.2 Å². The fourth-order valence-corrected chi connectivity index (χ4v) is 2.09. The number of hydrogen-bond acceptors (Lipinski definition) is 1. The molecule has 1 nitrogen and oxygen atoms in total. The monoisotopic (exact) mass is 227 g/mol. The average Bonchev–Trinajstić information content (AvgIpc) is 2.38. The minimum absolute atomic E-state index is 0.436. The molecule has 0 bridgehead atoms. The van der Waals surface area contributed by atoms with Gasteiger partial charge in [0.1, 0.15) is 0 Å². The van der Waals surface area contributed by atoms with Gasteiger partial charge in [-0.2, -0.15) is 0 Å². The second-order valence-electron chi connectivity index (χ2n) is 4.64. The summed E-state index contributed by atoms with van der Waals surface area (Å²) in [6.45, 7) is 5.56. The number of benzene rings is 2. The maximum atomic E-state index is 3.56. The molecule has 2 rings (SSSR count). The summed E-state index contributed by atoms with van der Waals surface area (Å²) in [6.07, 6.45) is 2.50. The highest BCUT2D eigenvalue weighted by Crippen LogP contribution is 2.20. The van der Waals surface area contributed by atoms with E-state index in [1.54, 1.807) is 0 Å². The van der Waals surface area contributed by atoms with Crippen LogP contribution >= 0.6 is 0 Å². The topological polar surface area (TPSA) is 12.0 Å². The van der Waals surface area contributed by atoms with Crippen LogP contribution in [0.5, 0.6) is 0 Å². The van der Waals surface area contributed by atoms with E-state index in [0.29, 0.717) is 6.04 Å². The van der Waals surface area contributed by atoms with Crippen molar-refractivity contribution in [3.05, 3.63) is 48.0 Å². The normalized spacial score (nSPS) is 12.8. The summed E-state index contributed by atoms with van der Waals surface area (Å²) < 4.78 is 0. The number of rotatable bonds is 5. The minimum atomic E-state index is 0.436. The number of fused-ring (bicyclic) bond motifs is 1. The van der Waals surface area contributed by atoms with Crippen molar-refractivity contribution in [1.82, 2.24) is 5.32 Å². The van der Waals surface area contributed by atoms with Crippen molar-refractivity contribution in [3.63, 3.8) is 0 Å². The summed E-state index contributed by atoms with van der Waals surface area (Å²) in [4.78, 5) is 0. The molecule has 1 atom stereocenters. The van der Waals surface area contributed by atoms with E-state index in [2.05, 4.69) is 61.6 Å². The van der Waals surface area contributed by atoms with Gasteiger partial charge in [-0.3, -0.25) is 0 Å². The first kappa shape index (κ1) is 12.1. The summed E-state index contributed by atoms with van der Waals surface area (Å²) in [7, 11) is 0. The van der Waals surface area contributed by atoms with Crippen molar-refractivity contribution in [2.75, 3.05) is 6.54 Å². The molecule has 0 aliphatic rings. The molecule has 1 heteroatoms. The van der Waals surface area contributed by atoms with Crippen LogP contribution < -0.4 is 5.32 Å². The van der Waals surface area contributed by atoms with Crippen LogP contribution in [0.1, 0.15) is 38.3 Å². The molecule has 0 heterocycles. The van der Waals surface area contributed by atoms with Crippen LogP contribution in [0.15, 0.2) is 42.5 Å². The molecule has 0 saturated heterocycles.